The molecule has 0 unspecified atom stereocenters. The van der Waals surface area contributed by atoms with Gasteiger partial charge in [-0.3, -0.25) is 0 Å². The van der Waals surface area contributed by atoms with E-state index in [2.05, 4.69) is 11.2 Å². The van der Waals surface area contributed by atoms with Crippen molar-refractivity contribution in [2.24, 2.45) is 23.7 Å². The summed E-state index contributed by atoms with van der Waals surface area (Å²) in [5, 5.41) is 13.7. The Morgan fingerprint density at radius 2 is 1.78 bits per heavy atom. The highest BCUT2D eigenvalue weighted by atomic mass is 15.3. The molecule has 4 saturated carbocycles. The van der Waals surface area contributed by atoms with E-state index in [1.54, 1.807) is 6.20 Å². The Morgan fingerprint density at radius 3 is 2.33 bits per heavy atom. The van der Waals surface area contributed by atoms with Crippen molar-refractivity contribution < 1.29 is 0 Å². The molecule has 1 aromatic rings. The van der Waals surface area contributed by atoms with E-state index in [0.717, 1.165) is 23.7 Å². The second-order valence-corrected chi connectivity index (χ2v) is 6.43. The average molecular weight is 242 g/mol. The fourth-order valence-electron chi connectivity index (χ4n) is 5.01. The first kappa shape index (κ1) is 10.4. The van der Waals surface area contributed by atoms with Crippen molar-refractivity contribution in [3.63, 3.8) is 0 Å². The molecule has 2 N–H and O–H groups in total. The molecule has 4 heteroatoms. The monoisotopic (exact) mass is 242 g/mol. The zero-order valence-electron chi connectivity index (χ0n) is 10.4. The average Bonchev–Trinajstić information content (AvgIpc) is 2.69. The Labute approximate surface area is 107 Å². The summed E-state index contributed by atoms with van der Waals surface area (Å²) in [5.74, 6) is 3.35. The van der Waals surface area contributed by atoms with Gasteiger partial charge in [-0.05, 0) is 55.8 Å². The van der Waals surface area contributed by atoms with Crippen LogP contribution in [0.3, 0.4) is 0 Å². The van der Waals surface area contributed by atoms with Crippen molar-refractivity contribution in [2.45, 2.75) is 38.1 Å². The minimum atomic E-state index is 0.435. The Kier molecular flexibility index (Phi) is 2.03. The molecule has 4 bridgehead atoms. The van der Waals surface area contributed by atoms with Crippen LogP contribution in [0.4, 0.5) is 5.69 Å². The van der Waals surface area contributed by atoms with Crippen molar-refractivity contribution in [3.05, 3.63) is 11.9 Å². The number of nitrogens with zero attached hydrogens (tertiary/aromatic N) is 3. The van der Waals surface area contributed by atoms with Crippen LogP contribution in [0, 0.1) is 35.0 Å². The van der Waals surface area contributed by atoms with Gasteiger partial charge in [-0.15, -0.1) is 0 Å². The maximum Gasteiger partial charge on any atom is 0.161 e. The normalized spacial score (nSPS) is 40.9. The SMILES string of the molecule is N#Cc1c(N)cnn1C1C2CC3CC(C2)CC1C3. The smallest absolute Gasteiger partial charge is 0.161 e. The van der Waals surface area contributed by atoms with Gasteiger partial charge >= 0.3 is 0 Å². The third kappa shape index (κ3) is 1.28. The van der Waals surface area contributed by atoms with Gasteiger partial charge in [0.05, 0.1) is 17.9 Å². The fraction of sp³-hybridized carbons (Fsp3) is 0.714. The van der Waals surface area contributed by atoms with Crippen LogP contribution >= 0.6 is 0 Å². The van der Waals surface area contributed by atoms with Crippen LogP contribution in [0.5, 0.6) is 0 Å². The highest BCUT2D eigenvalue weighted by Gasteiger charge is 2.49. The van der Waals surface area contributed by atoms with Crippen molar-refractivity contribution >= 4 is 5.69 Å². The summed E-state index contributed by atoms with van der Waals surface area (Å²) in [6.45, 7) is 0. The van der Waals surface area contributed by atoms with Gasteiger partial charge in [0.2, 0.25) is 0 Å². The van der Waals surface area contributed by atoms with Crippen LogP contribution in [0.25, 0.3) is 0 Å². The Morgan fingerprint density at radius 1 is 1.17 bits per heavy atom. The molecule has 18 heavy (non-hydrogen) atoms. The molecule has 4 aliphatic rings. The van der Waals surface area contributed by atoms with Crippen LogP contribution in [0.1, 0.15) is 43.8 Å². The lowest BCUT2D eigenvalue weighted by atomic mass is 9.54. The third-order valence-electron chi connectivity index (χ3n) is 5.39. The van der Waals surface area contributed by atoms with Crippen molar-refractivity contribution in [1.29, 1.82) is 5.26 Å². The highest BCUT2D eigenvalue weighted by Crippen LogP contribution is 2.58. The maximum absolute atomic E-state index is 9.25. The molecule has 0 amide bonds. The highest BCUT2D eigenvalue weighted by molar-refractivity contribution is 5.48. The molecule has 1 aromatic heterocycles. The van der Waals surface area contributed by atoms with Gasteiger partial charge in [0.15, 0.2) is 5.69 Å². The van der Waals surface area contributed by atoms with E-state index >= 15 is 0 Å². The second kappa shape index (κ2) is 3.50. The van der Waals surface area contributed by atoms with Crippen LogP contribution in [-0.2, 0) is 0 Å². The lowest BCUT2D eigenvalue weighted by molar-refractivity contribution is -0.0339. The Balaban J connectivity index is 1.75. The molecule has 0 radical (unpaired) electrons. The summed E-state index contributed by atoms with van der Waals surface area (Å²) < 4.78 is 1.95. The summed E-state index contributed by atoms with van der Waals surface area (Å²) in [7, 11) is 0. The van der Waals surface area contributed by atoms with Crippen molar-refractivity contribution in [1.82, 2.24) is 9.78 Å². The number of hydrogen-bond donors (Lipinski definition) is 1. The first-order valence-corrected chi connectivity index (χ1v) is 6.99. The van der Waals surface area contributed by atoms with Crippen molar-refractivity contribution in [3.8, 4) is 6.07 Å². The fourth-order valence-corrected chi connectivity index (χ4v) is 5.01. The van der Waals surface area contributed by atoms with Gasteiger partial charge in [0.25, 0.3) is 0 Å². The van der Waals surface area contributed by atoms with Gasteiger partial charge < -0.3 is 5.73 Å². The van der Waals surface area contributed by atoms with E-state index in [4.69, 9.17) is 5.73 Å². The first-order chi connectivity index (χ1) is 8.76. The number of nitrogen functional groups attached to an aromatic ring is 1. The molecule has 0 spiro atoms. The van der Waals surface area contributed by atoms with E-state index in [1.807, 2.05) is 4.68 Å². The molecule has 0 saturated heterocycles. The maximum atomic E-state index is 9.25. The molecular formula is C14H18N4. The standard InChI is InChI=1S/C14H18N4/c15-6-13-12(16)7-17-18(13)14-10-2-8-1-9(4-10)5-11(14)3-8/h7-11,14H,1-5,16H2. The lowest BCUT2D eigenvalue weighted by Gasteiger charge is -2.54. The van der Waals surface area contributed by atoms with Crippen LogP contribution in [-0.4, -0.2) is 9.78 Å². The Bertz CT molecular complexity index is 496. The number of hydrogen-bond acceptors (Lipinski definition) is 3. The summed E-state index contributed by atoms with van der Waals surface area (Å²) >= 11 is 0. The van der Waals surface area contributed by atoms with Crippen LogP contribution in [0.15, 0.2) is 6.20 Å². The summed E-state index contributed by atoms with van der Waals surface area (Å²) in [4.78, 5) is 0. The second-order valence-electron chi connectivity index (χ2n) is 6.43. The van der Waals surface area contributed by atoms with Crippen LogP contribution in [0.2, 0.25) is 0 Å². The van der Waals surface area contributed by atoms with Gasteiger partial charge in [0.1, 0.15) is 6.07 Å². The third-order valence-corrected chi connectivity index (χ3v) is 5.39. The molecule has 0 aromatic carbocycles. The summed E-state index contributed by atoms with van der Waals surface area (Å²) in [6, 6.07) is 2.66. The number of anilines is 1. The molecule has 0 atom stereocenters. The van der Waals surface area contributed by atoms with Crippen LogP contribution < -0.4 is 5.73 Å². The van der Waals surface area contributed by atoms with E-state index in [0.29, 0.717) is 17.4 Å². The van der Waals surface area contributed by atoms with Gasteiger partial charge in [-0.25, -0.2) is 4.68 Å². The zero-order valence-corrected chi connectivity index (χ0v) is 10.4. The molecular weight excluding hydrogens is 224 g/mol. The molecule has 4 fully saturated rings. The largest absolute Gasteiger partial charge is 0.395 e. The number of nitriles is 1. The van der Waals surface area contributed by atoms with Crippen molar-refractivity contribution in [2.75, 3.05) is 5.73 Å². The first-order valence-electron chi connectivity index (χ1n) is 6.99. The Hall–Kier alpha value is -1.50. The quantitative estimate of drug-likeness (QED) is 0.821. The minimum absolute atomic E-state index is 0.435. The minimum Gasteiger partial charge on any atom is -0.395 e. The van der Waals surface area contributed by atoms with E-state index in [1.165, 1.54) is 32.1 Å². The molecule has 94 valence electrons. The lowest BCUT2D eigenvalue weighted by Crippen LogP contribution is -2.46. The van der Waals surface area contributed by atoms with Gasteiger partial charge in [-0.2, -0.15) is 10.4 Å². The molecule has 0 aliphatic heterocycles. The summed E-state index contributed by atoms with van der Waals surface area (Å²) in [5.41, 5.74) is 6.95. The zero-order chi connectivity index (χ0) is 12.3. The van der Waals surface area contributed by atoms with E-state index in [9.17, 15) is 5.26 Å². The summed E-state index contributed by atoms with van der Waals surface area (Å²) in [6.07, 6.45) is 8.44. The predicted octanol–water partition coefficient (Wildman–Crippen LogP) is 2.33. The van der Waals surface area contributed by atoms with E-state index < -0.39 is 0 Å². The topological polar surface area (TPSA) is 67.6 Å². The van der Waals surface area contributed by atoms with Gasteiger partial charge in [0, 0.05) is 0 Å². The van der Waals surface area contributed by atoms with Gasteiger partial charge in [-0.1, -0.05) is 0 Å². The number of aromatic nitrogens is 2. The molecule has 4 nitrogen and oxygen atoms in total. The molecule has 5 rings (SSSR count). The molecule has 1 heterocycles. The number of nitrogens with two attached hydrogens (primary N) is 1. The predicted molar refractivity (Wildman–Crippen MR) is 67.4 cm³/mol. The number of rotatable bonds is 1. The molecule has 4 aliphatic carbocycles. The van der Waals surface area contributed by atoms with E-state index in [-0.39, 0.29) is 0 Å².